The topological polar surface area (TPSA) is 29.1 Å². The normalized spacial score (nSPS) is 12.5. The monoisotopic (exact) mass is 209 g/mol. The fourth-order valence-corrected chi connectivity index (χ4v) is 1.31. The molecule has 0 saturated carbocycles. The van der Waals surface area contributed by atoms with E-state index < -0.39 is 0 Å². The van der Waals surface area contributed by atoms with E-state index in [0.717, 1.165) is 10.5 Å². The zero-order chi connectivity index (χ0) is 10.6. The highest BCUT2D eigenvalue weighted by Gasteiger charge is 2.06. The minimum atomic E-state index is -0.0945. The Morgan fingerprint density at radius 3 is 2.71 bits per heavy atom. The molecule has 0 aromatic heterocycles. The van der Waals surface area contributed by atoms with Crippen LogP contribution in [0.3, 0.4) is 0 Å². The predicted molar refractivity (Wildman–Crippen MR) is 60.7 cm³/mol. The van der Waals surface area contributed by atoms with E-state index in [9.17, 15) is 4.79 Å². The van der Waals surface area contributed by atoms with Crippen LogP contribution in [0.2, 0.25) is 0 Å². The largest absolute Gasteiger partial charge is 0.304 e. The molecular weight excluding hydrogens is 194 g/mol. The number of thiol groups is 1. The number of benzene rings is 1. The number of hydrogen-bond donors (Lipinski definition) is 2. The Morgan fingerprint density at radius 2 is 2.14 bits per heavy atom. The van der Waals surface area contributed by atoms with E-state index in [1.165, 1.54) is 0 Å². The van der Waals surface area contributed by atoms with Gasteiger partial charge in [0.15, 0.2) is 0 Å². The number of Topliss-reactive ketones (excluding diaryl/α,β-unsaturated/α-hetero) is 1. The van der Waals surface area contributed by atoms with Gasteiger partial charge in [-0.3, -0.25) is 4.79 Å². The van der Waals surface area contributed by atoms with Crippen molar-refractivity contribution in [2.75, 3.05) is 0 Å². The maximum absolute atomic E-state index is 11.0. The van der Waals surface area contributed by atoms with E-state index in [0.29, 0.717) is 6.54 Å². The Bertz CT molecular complexity index is 325. The summed E-state index contributed by atoms with van der Waals surface area (Å²) in [5.74, 6) is 0.154. The van der Waals surface area contributed by atoms with Crippen LogP contribution in [0.5, 0.6) is 0 Å². The van der Waals surface area contributed by atoms with Crippen LogP contribution in [0.4, 0.5) is 0 Å². The summed E-state index contributed by atoms with van der Waals surface area (Å²) in [6.07, 6.45) is 0. The van der Waals surface area contributed by atoms with Gasteiger partial charge in [0.25, 0.3) is 0 Å². The third-order valence-electron chi connectivity index (χ3n) is 2.20. The van der Waals surface area contributed by atoms with Gasteiger partial charge in [0.1, 0.15) is 5.78 Å². The van der Waals surface area contributed by atoms with Crippen molar-refractivity contribution in [1.82, 2.24) is 5.32 Å². The Morgan fingerprint density at radius 1 is 1.50 bits per heavy atom. The zero-order valence-corrected chi connectivity index (χ0v) is 9.34. The van der Waals surface area contributed by atoms with Gasteiger partial charge >= 0.3 is 0 Å². The van der Waals surface area contributed by atoms with Crippen LogP contribution in [0.1, 0.15) is 19.4 Å². The summed E-state index contributed by atoms with van der Waals surface area (Å²) in [7, 11) is 0. The summed E-state index contributed by atoms with van der Waals surface area (Å²) < 4.78 is 0. The second-order valence-corrected chi connectivity index (χ2v) is 3.82. The first-order chi connectivity index (χ1) is 6.61. The molecule has 1 atom stereocenters. The Hall–Kier alpha value is -0.800. The fourth-order valence-electron chi connectivity index (χ4n) is 1.07. The van der Waals surface area contributed by atoms with Gasteiger partial charge in [-0.25, -0.2) is 0 Å². The van der Waals surface area contributed by atoms with Crippen molar-refractivity contribution in [1.29, 1.82) is 0 Å². The van der Waals surface area contributed by atoms with Crippen molar-refractivity contribution in [2.24, 2.45) is 0 Å². The van der Waals surface area contributed by atoms with Crippen LogP contribution < -0.4 is 5.32 Å². The van der Waals surface area contributed by atoms with Crippen LogP contribution in [-0.2, 0) is 11.3 Å². The number of rotatable bonds is 4. The molecule has 0 aliphatic carbocycles. The smallest absolute Gasteiger partial charge is 0.146 e. The third kappa shape index (κ3) is 3.16. The van der Waals surface area contributed by atoms with E-state index in [-0.39, 0.29) is 11.8 Å². The summed E-state index contributed by atoms with van der Waals surface area (Å²) in [4.78, 5) is 11.9. The number of hydrogen-bond acceptors (Lipinski definition) is 3. The molecule has 2 nitrogen and oxygen atoms in total. The molecule has 0 heterocycles. The van der Waals surface area contributed by atoms with Gasteiger partial charge in [-0.2, -0.15) is 0 Å². The van der Waals surface area contributed by atoms with E-state index in [1.54, 1.807) is 6.92 Å². The fraction of sp³-hybridized carbons (Fsp3) is 0.364. The maximum atomic E-state index is 11.0. The first kappa shape index (κ1) is 11.3. The quantitative estimate of drug-likeness (QED) is 0.743. The van der Waals surface area contributed by atoms with Crippen molar-refractivity contribution in [3.63, 3.8) is 0 Å². The summed E-state index contributed by atoms with van der Waals surface area (Å²) in [6, 6.07) is 7.76. The van der Waals surface area contributed by atoms with Crippen LogP contribution >= 0.6 is 12.6 Å². The van der Waals surface area contributed by atoms with Crippen LogP contribution in [0.25, 0.3) is 0 Å². The SMILES string of the molecule is CC(=O)C(C)NCc1ccccc1S. The van der Waals surface area contributed by atoms with E-state index in [2.05, 4.69) is 17.9 Å². The molecule has 1 N–H and O–H groups in total. The molecule has 0 aliphatic heterocycles. The van der Waals surface area contributed by atoms with Crippen molar-refractivity contribution in [3.05, 3.63) is 29.8 Å². The van der Waals surface area contributed by atoms with E-state index in [1.807, 2.05) is 31.2 Å². The molecule has 1 unspecified atom stereocenters. The van der Waals surface area contributed by atoms with Crippen LogP contribution in [0, 0.1) is 0 Å². The van der Waals surface area contributed by atoms with Gasteiger partial charge in [0.2, 0.25) is 0 Å². The van der Waals surface area contributed by atoms with Gasteiger partial charge in [0, 0.05) is 11.4 Å². The molecule has 0 aliphatic rings. The number of nitrogens with one attached hydrogen (secondary N) is 1. The van der Waals surface area contributed by atoms with Gasteiger partial charge < -0.3 is 5.32 Å². The summed E-state index contributed by atoms with van der Waals surface area (Å²) in [6.45, 7) is 4.13. The average molecular weight is 209 g/mol. The standard InChI is InChI=1S/C11H15NOS/c1-8(9(2)13)12-7-10-5-3-4-6-11(10)14/h3-6,8,12,14H,7H2,1-2H3. The maximum Gasteiger partial charge on any atom is 0.146 e. The molecule has 0 fully saturated rings. The molecule has 0 radical (unpaired) electrons. The first-order valence-electron chi connectivity index (χ1n) is 4.62. The number of ketones is 1. The average Bonchev–Trinajstić information content (AvgIpc) is 2.16. The molecule has 0 bridgehead atoms. The molecule has 0 saturated heterocycles. The molecule has 1 rings (SSSR count). The zero-order valence-electron chi connectivity index (χ0n) is 8.45. The molecule has 3 heteroatoms. The molecule has 0 amide bonds. The Balaban J connectivity index is 2.54. The highest BCUT2D eigenvalue weighted by atomic mass is 32.1. The molecular formula is C11H15NOS. The molecule has 0 spiro atoms. The van der Waals surface area contributed by atoms with Gasteiger partial charge in [-0.15, -0.1) is 12.6 Å². The Labute approximate surface area is 90.1 Å². The summed E-state index contributed by atoms with van der Waals surface area (Å²) in [5, 5.41) is 3.14. The lowest BCUT2D eigenvalue weighted by atomic mass is 10.2. The minimum Gasteiger partial charge on any atom is -0.304 e. The van der Waals surface area contributed by atoms with Crippen molar-refractivity contribution < 1.29 is 4.79 Å². The molecule has 1 aromatic carbocycles. The van der Waals surface area contributed by atoms with Gasteiger partial charge in [-0.05, 0) is 25.5 Å². The molecule has 14 heavy (non-hydrogen) atoms. The summed E-state index contributed by atoms with van der Waals surface area (Å²) in [5.41, 5.74) is 1.11. The minimum absolute atomic E-state index is 0.0945. The predicted octanol–water partition coefficient (Wildman–Crippen LogP) is 2.04. The lowest BCUT2D eigenvalue weighted by molar-refractivity contribution is -0.118. The van der Waals surface area contributed by atoms with Gasteiger partial charge in [-0.1, -0.05) is 18.2 Å². The van der Waals surface area contributed by atoms with Gasteiger partial charge in [0.05, 0.1) is 6.04 Å². The van der Waals surface area contributed by atoms with Crippen molar-refractivity contribution in [3.8, 4) is 0 Å². The second kappa shape index (κ2) is 5.17. The van der Waals surface area contributed by atoms with Crippen LogP contribution in [-0.4, -0.2) is 11.8 Å². The first-order valence-corrected chi connectivity index (χ1v) is 5.06. The lowest BCUT2D eigenvalue weighted by Gasteiger charge is -2.11. The van der Waals surface area contributed by atoms with Crippen LogP contribution in [0.15, 0.2) is 29.2 Å². The number of carbonyl (C=O) groups excluding carboxylic acids is 1. The Kier molecular flexibility index (Phi) is 4.17. The molecule has 76 valence electrons. The van der Waals surface area contributed by atoms with Crippen molar-refractivity contribution >= 4 is 18.4 Å². The number of carbonyl (C=O) groups is 1. The summed E-state index contributed by atoms with van der Waals surface area (Å²) >= 11 is 4.33. The third-order valence-corrected chi connectivity index (χ3v) is 2.64. The van der Waals surface area contributed by atoms with Crippen molar-refractivity contribution in [2.45, 2.75) is 31.3 Å². The second-order valence-electron chi connectivity index (χ2n) is 3.34. The van der Waals surface area contributed by atoms with E-state index >= 15 is 0 Å². The lowest BCUT2D eigenvalue weighted by Crippen LogP contribution is -2.31. The highest BCUT2D eigenvalue weighted by molar-refractivity contribution is 7.80. The van der Waals surface area contributed by atoms with E-state index in [4.69, 9.17) is 0 Å². The molecule has 1 aromatic rings. The highest BCUT2D eigenvalue weighted by Crippen LogP contribution is 2.12.